The Morgan fingerprint density at radius 1 is 0.897 bits per heavy atom. The largest absolute Gasteiger partial charge is 0.494 e. The molecule has 0 spiro atoms. The van der Waals surface area contributed by atoms with Crippen LogP contribution in [0.25, 0.3) is 11.1 Å². The van der Waals surface area contributed by atoms with E-state index in [0.717, 1.165) is 16.9 Å². The van der Waals surface area contributed by atoms with Gasteiger partial charge in [-0.1, -0.05) is 36.4 Å². The molecule has 5 heteroatoms. The van der Waals surface area contributed by atoms with E-state index in [0.29, 0.717) is 36.6 Å². The van der Waals surface area contributed by atoms with Crippen molar-refractivity contribution < 1.29 is 14.3 Å². The lowest BCUT2D eigenvalue weighted by Crippen LogP contribution is -2.28. The van der Waals surface area contributed by atoms with Gasteiger partial charge in [-0.15, -0.1) is 0 Å². The minimum absolute atomic E-state index is 0.205. The van der Waals surface area contributed by atoms with Crippen LogP contribution in [0.1, 0.15) is 22.8 Å². The molecule has 0 heterocycles. The van der Waals surface area contributed by atoms with Crippen LogP contribution in [0.4, 0.5) is 0 Å². The van der Waals surface area contributed by atoms with Gasteiger partial charge in [0.15, 0.2) is 0 Å². The fraction of sp³-hybridized carbons (Fsp3) is 0.167. The van der Waals surface area contributed by atoms with E-state index in [1.54, 1.807) is 12.1 Å². The van der Waals surface area contributed by atoms with Crippen molar-refractivity contribution >= 4 is 5.91 Å². The van der Waals surface area contributed by atoms with E-state index in [1.807, 2.05) is 67.6 Å². The number of rotatable bonds is 8. The number of carbonyl (C=O) groups excluding carboxylic acids is 1. The molecular formula is C24H22N2O3. The Balaban J connectivity index is 1.61. The average molecular weight is 386 g/mol. The Morgan fingerprint density at radius 2 is 1.52 bits per heavy atom. The topological polar surface area (TPSA) is 71.3 Å². The SMILES string of the molecule is CCOc1ccc(OCCNC(=O)c2ccccc2-c2ccccc2C#N)cc1. The molecule has 0 unspecified atom stereocenters. The number of nitrogens with one attached hydrogen (secondary N) is 1. The third-order valence-corrected chi connectivity index (χ3v) is 4.30. The van der Waals surface area contributed by atoms with Crippen molar-refractivity contribution in [2.24, 2.45) is 0 Å². The molecule has 0 fully saturated rings. The van der Waals surface area contributed by atoms with Crippen LogP contribution in [0.3, 0.4) is 0 Å². The normalized spacial score (nSPS) is 10.1. The number of amides is 1. The summed E-state index contributed by atoms with van der Waals surface area (Å²) < 4.78 is 11.1. The molecule has 0 aliphatic rings. The summed E-state index contributed by atoms with van der Waals surface area (Å²) in [6, 6.07) is 24.1. The van der Waals surface area contributed by atoms with Gasteiger partial charge in [0.1, 0.15) is 18.1 Å². The first kappa shape index (κ1) is 20.0. The second-order valence-electron chi connectivity index (χ2n) is 6.21. The number of carbonyl (C=O) groups is 1. The molecule has 3 aromatic rings. The van der Waals surface area contributed by atoms with Crippen molar-refractivity contribution in [3.8, 4) is 28.7 Å². The average Bonchev–Trinajstić information content (AvgIpc) is 2.78. The molecule has 0 saturated heterocycles. The minimum atomic E-state index is -0.205. The van der Waals surface area contributed by atoms with Gasteiger partial charge in [-0.2, -0.15) is 5.26 Å². The lowest BCUT2D eigenvalue weighted by molar-refractivity contribution is 0.0947. The van der Waals surface area contributed by atoms with E-state index in [2.05, 4.69) is 11.4 Å². The summed E-state index contributed by atoms with van der Waals surface area (Å²) in [7, 11) is 0. The zero-order valence-electron chi connectivity index (χ0n) is 16.2. The molecular weight excluding hydrogens is 364 g/mol. The maximum Gasteiger partial charge on any atom is 0.252 e. The Morgan fingerprint density at radius 3 is 2.21 bits per heavy atom. The molecule has 0 saturated carbocycles. The van der Waals surface area contributed by atoms with Crippen molar-refractivity contribution in [1.82, 2.24) is 5.32 Å². The van der Waals surface area contributed by atoms with Gasteiger partial charge >= 0.3 is 0 Å². The number of hydrogen-bond acceptors (Lipinski definition) is 4. The van der Waals surface area contributed by atoms with Gasteiger partial charge in [-0.25, -0.2) is 0 Å². The second kappa shape index (κ2) is 9.95. The highest BCUT2D eigenvalue weighted by atomic mass is 16.5. The predicted octanol–water partition coefficient (Wildman–Crippen LogP) is 4.43. The molecule has 0 radical (unpaired) electrons. The Kier molecular flexibility index (Phi) is 6.85. The Bertz CT molecular complexity index is 1010. The molecule has 5 nitrogen and oxygen atoms in total. The van der Waals surface area contributed by atoms with Gasteiger partial charge in [0.05, 0.1) is 24.8 Å². The quantitative estimate of drug-likeness (QED) is 0.581. The molecule has 1 amide bonds. The van der Waals surface area contributed by atoms with Crippen LogP contribution in [-0.2, 0) is 0 Å². The molecule has 146 valence electrons. The molecule has 3 rings (SSSR count). The third kappa shape index (κ3) is 5.14. The molecule has 0 atom stereocenters. The number of hydrogen-bond donors (Lipinski definition) is 1. The summed E-state index contributed by atoms with van der Waals surface area (Å²) in [5.74, 6) is 1.30. The molecule has 3 aromatic carbocycles. The lowest BCUT2D eigenvalue weighted by atomic mass is 9.95. The number of benzene rings is 3. The number of ether oxygens (including phenoxy) is 2. The van der Waals surface area contributed by atoms with Crippen molar-refractivity contribution in [3.05, 3.63) is 83.9 Å². The third-order valence-electron chi connectivity index (χ3n) is 4.30. The fourth-order valence-corrected chi connectivity index (χ4v) is 2.96. The van der Waals surface area contributed by atoms with Gasteiger partial charge in [-0.3, -0.25) is 4.79 Å². The first-order valence-corrected chi connectivity index (χ1v) is 9.45. The monoisotopic (exact) mass is 386 g/mol. The van der Waals surface area contributed by atoms with Crippen LogP contribution >= 0.6 is 0 Å². The minimum Gasteiger partial charge on any atom is -0.494 e. The van der Waals surface area contributed by atoms with E-state index in [1.165, 1.54) is 0 Å². The summed E-state index contributed by atoms with van der Waals surface area (Å²) in [5, 5.41) is 12.2. The van der Waals surface area contributed by atoms with Crippen LogP contribution in [0.5, 0.6) is 11.5 Å². The summed E-state index contributed by atoms with van der Waals surface area (Å²) in [6.45, 7) is 3.26. The van der Waals surface area contributed by atoms with Gasteiger partial charge in [0.2, 0.25) is 0 Å². The van der Waals surface area contributed by atoms with E-state index in [4.69, 9.17) is 9.47 Å². The maximum absolute atomic E-state index is 12.7. The predicted molar refractivity (Wildman–Crippen MR) is 112 cm³/mol. The highest BCUT2D eigenvalue weighted by molar-refractivity contribution is 6.01. The zero-order valence-corrected chi connectivity index (χ0v) is 16.2. The maximum atomic E-state index is 12.7. The fourth-order valence-electron chi connectivity index (χ4n) is 2.96. The summed E-state index contributed by atoms with van der Waals surface area (Å²) in [5.41, 5.74) is 2.53. The van der Waals surface area contributed by atoms with Crippen LogP contribution < -0.4 is 14.8 Å². The zero-order chi connectivity index (χ0) is 20.5. The Labute approximate surface area is 170 Å². The van der Waals surface area contributed by atoms with Crippen LogP contribution in [0.2, 0.25) is 0 Å². The molecule has 29 heavy (non-hydrogen) atoms. The van der Waals surface area contributed by atoms with Gasteiger partial charge in [0.25, 0.3) is 5.91 Å². The van der Waals surface area contributed by atoms with E-state index in [-0.39, 0.29) is 5.91 Å². The summed E-state index contributed by atoms with van der Waals surface area (Å²) in [4.78, 5) is 12.7. The van der Waals surface area contributed by atoms with Crippen molar-refractivity contribution in [2.75, 3.05) is 19.8 Å². The van der Waals surface area contributed by atoms with Gasteiger partial charge in [-0.05, 0) is 48.9 Å². The van der Waals surface area contributed by atoms with E-state index >= 15 is 0 Å². The first-order chi connectivity index (χ1) is 14.2. The second-order valence-corrected chi connectivity index (χ2v) is 6.21. The number of nitriles is 1. The van der Waals surface area contributed by atoms with E-state index in [9.17, 15) is 10.1 Å². The van der Waals surface area contributed by atoms with Crippen molar-refractivity contribution in [2.45, 2.75) is 6.92 Å². The van der Waals surface area contributed by atoms with Crippen LogP contribution in [0.15, 0.2) is 72.8 Å². The standard InChI is InChI=1S/C24H22N2O3/c1-2-28-19-11-13-20(14-12-19)29-16-15-26-24(27)23-10-6-5-9-22(23)21-8-4-3-7-18(21)17-25/h3-14H,2,15-16H2,1H3,(H,26,27). The van der Waals surface area contributed by atoms with Crippen LogP contribution in [-0.4, -0.2) is 25.7 Å². The van der Waals surface area contributed by atoms with Gasteiger partial charge < -0.3 is 14.8 Å². The first-order valence-electron chi connectivity index (χ1n) is 9.45. The molecule has 0 aliphatic carbocycles. The molecule has 1 N–H and O–H groups in total. The highest BCUT2D eigenvalue weighted by Crippen LogP contribution is 2.26. The lowest BCUT2D eigenvalue weighted by Gasteiger charge is -2.12. The van der Waals surface area contributed by atoms with Crippen molar-refractivity contribution in [1.29, 1.82) is 5.26 Å². The number of nitrogens with zero attached hydrogens (tertiary/aromatic N) is 1. The smallest absolute Gasteiger partial charge is 0.252 e. The Hall–Kier alpha value is -3.78. The molecule has 0 aliphatic heterocycles. The van der Waals surface area contributed by atoms with Crippen LogP contribution in [0, 0.1) is 11.3 Å². The van der Waals surface area contributed by atoms with Gasteiger partial charge in [0, 0.05) is 11.1 Å². The summed E-state index contributed by atoms with van der Waals surface area (Å²) >= 11 is 0. The highest BCUT2D eigenvalue weighted by Gasteiger charge is 2.14. The summed E-state index contributed by atoms with van der Waals surface area (Å²) in [6.07, 6.45) is 0. The molecule has 0 bridgehead atoms. The van der Waals surface area contributed by atoms with Crippen molar-refractivity contribution in [3.63, 3.8) is 0 Å². The van der Waals surface area contributed by atoms with E-state index < -0.39 is 0 Å². The molecule has 0 aromatic heterocycles.